The van der Waals surface area contributed by atoms with E-state index in [2.05, 4.69) is 75.8 Å². The van der Waals surface area contributed by atoms with Gasteiger partial charge < -0.3 is 59.2 Å². The maximum atomic E-state index is 12.2. The van der Waals surface area contributed by atoms with Crippen LogP contribution in [0.4, 0.5) is 0 Å². The van der Waals surface area contributed by atoms with Crippen molar-refractivity contribution < 1.29 is 76.7 Å². The summed E-state index contributed by atoms with van der Waals surface area (Å²) in [4.78, 5) is 34.5. The molecule has 14 nitrogen and oxygen atoms in total. The molecule has 1 radical (unpaired) electrons. The van der Waals surface area contributed by atoms with Gasteiger partial charge in [-0.15, -0.1) is 0 Å². The number of aldehydes is 1. The van der Waals surface area contributed by atoms with Crippen molar-refractivity contribution in [2.45, 2.75) is 297 Å². The van der Waals surface area contributed by atoms with Crippen molar-refractivity contribution >= 4 is 18.1 Å². The van der Waals surface area contributed by atoms with Crippen molar-refractivity contribution in [3.8, 4) is 0 Å². The number of allylic oxidation sites excluding steroid dienone is 10. The molecule has 0 aromatic carbocycles. The summed E-state index contributed by atoms with van der Waals surface area (Å²) in [5, 5.41) is 35.1. The zero-order chi connectivity index (χ0) is 69.7. The van der Waals surface area contributed by atoms with E-state index in [0.717, 1.165) is 134 Å². The molecule has 15 heteroatoms. The SMILES string of the molecule is C=C1CC[C@H](OCCCNC(=O)CCOCCCCOCCCO)CC/C(=C/C=C2\CCC[C@]3(C)[C@@H]([C@H](C)CCCC(C)(C)O)CC[C@@H]23)C1.C=C1CC[C@H](OCCCNC(=O)CCOCCCOCC=O)CC/C(=C/C=C2\CCC[C@]3(C)[C@@H]([C@H](C)CCCC(C)(C)O)CC[C@@H]23)C1.[V]. The number of nitrogens with one attached hydrogen (secondary N) is 2. The summed E-state index contributed by atoms with van der Waals surface area (Å²) in [5.74, 6) is 4.43. The number of carbonyl (C=O) groups excluding carboxylic acids is 3. The summed E-state index contributed by atoms with van der Waals surface area (Å²) in [5.41, 5.74) is 8.65. The average Bonchev–Trinajstić information content (AvgIpc) is 1.65. The Morgan fingerprint density at radius 2 is 0.948 bits per heavy atom. The molecule has 0 saturated heterocycles. The molecule has 555 valence electrons. The molecule has 0 aliphatic heterocycles. The van der Waals surface area contributed by atoms with Crippen LogP contribution in [0.15, 0.2) is 70.9 Å². The summed E-state index contributed by atoms with van der Waals surface area (Å²) >= 11 is 0. The van der Waals surface area contributed by atoms with Crippen LogP contribution in [0.5, 0.6) is 0 Å². The normalized spacial score (nSPS) is 27.2. The van der Waals surface area contributed by atoms with Gasteiger partial charge in [0.2, 0.25) is 11.8 Å². The molecule has 6 rings (SSSR count). The molecule has 0 aromatic heterocycles. The first kappa shape index (κ1) is 86.7. The van der Waals surface area contributed by atoms with E-state index in [9.17, 15) is 24.6 Å². The molecule has 0 bridgehead atoms. The number of unbranched alkanes of at least 4 members (excludes halogenated alkanes) is 1. The summed E-state index contributed by atoms with van der Waals surface area (Å²) in [6, 6.07) is 0. The number of aliphatic hydroxyl groups is 3. The quantitative estimate of drug-likeness (QED) is 0.0221. The second kappa shape index (κ2) is 47.5. The minimum Gasteiger partial charge on any atom is -0.396 e. The second-order valence-corrected chi connectivity index (χ2v) is 31.8. The second-order valence-electron chi connectivity index (χ2n) is 31.8. The minimum atomic E-state index is -0.558. The van der Waals surface area contributed by atoms with Crippen molar-refractivity contribution in [2.75, 3.05) is 85.8 Å². The van der Waals surface area contributed by atoms with E-state index < -0.39 is 11.2 Å². The van der Waals surface area contributed by atoms with Crippen molar-refractivity contribution in [3.05, 3.63) is 70.9 Å². The summed E-state index contributed by atoms with van der Waals surface area (Å²) < 4.78 is 34.1. The molecule has 6 fully saturated rings. The fourth-order valence-corrected chi connectivity index (χ4v) is 17.2. The Hall–Kier alpha value is -2.73. The van der Waals surface area contributed by atoms with Gasteiger partial charge in [0.1, 0.15) is 12.9 Å². The zero-order valence-corrected chi connectivity index (χ0v) is 64.0. The predicted octanol–water partition coefficient (Wildman–Crippen LogP) is 16.7. The third-order valence-electron chi connectivity index (χ3n) is 22.6. The number of carbonyl (C=O) groups is 3. The molecule has 5 N–H and O–H groups in total. The first-order valence-corrected chi connectivity index (χ1v) is 38.7. The maximum absolute atomic E-state index is 12.2. The van der Waals surface area contributed by atoms with Crippen LogP contribution in [0.25, 0.3) is 0 Å². The van der Waals surface area contributed by atoms with Gasteiger partial charge in [-0.1, -0.05) is 124 Å². The molecule has 97 heavy (non-hydrogen) atoms. The molecule has 6 aliphatic rings. The number of hydrogen-bond donors (Lipinski definition) is 5. The van der Waals surface area contributed by atoms with Crippen LogP contribution < -0.4 is 10.6 Å². The molecule has 10 atom stereocenters. The Labute approximate surface area is 602 Å². The number of fused-ring (bicyclic) bond motifs is 2. The van der Waals surface area contributed by atoms with Crippen LogP contribution in [0, 0.1) is 46.3 Å². The predicted molar refractivity (Wildman–Crippen MR) is 391 cm³/mol. The maximum Gasteiger partial charge on any atom is 0.222 e. The van der Waals surface area contributed by atoms with Crippen LogP contribution >= 0.6 is 0 Å². The molecule has 0 unspecified atom stereocenters. The first-order chi connectivity index (χ1) is 46.0. The largest absolute Gasteiger partial charge is 0.396 e. The van der Waals surface area contributed by atoms with Gasteiger partial charge in [0, 0.05) is 97.3 Å². The molecular formula is C82H140N2O12V. The minimum absolute atomic E-state index is 0. The third-order valence-corrected chi connectivity index (χ3v) is 22.6. The fraction of sp³-hybridized carbons (Fsp3) is 0.817. The van der Waals surface area contributed by atoms with Crippen LogP contribution in [0.3, 0.4) is 0 Å². The van der Waals surface area contributed by atoms with Crippen LogP contribution in [-0.2, 0) is 61.4 Å². The van der Waals surface area contributed by atoms with E-state index in [1.54, 1.807) is 11.1 Å². The smallest absolute Gasteiger partial charge is 0.222 e. The Bertz CT molecular complexity index is 2390. The molecule has 0 heterocycles. The summed E-state index contributed by atoms with van der Waals surface area (Å²) in [7, 11) is 0. The Kier molecular flexibility index (Phi) is 42.5. The number of amides is 2. The Morgan fingerprint density at radius 1 is 0.536 bits per heavy atom. The van der Waals surface area contributed by atoms with Gasteiger partial charge in [-0.25, -0.2) is 0 Å². The van der Waals surface area contributed by atoms with E-state index in [1.807, 2.05) is 27.7 Å². The van der Waals surface area contributed by atoms with Gasteiger partial charge in [-0.05, 0) is 254 Å². The van der Waals surface area contributed by atoms with Gasteiger partial charge in [0.25, 0.3) is 0 Å². The van der Waals surface area contributed by atoms with Crippen molar-refractivity contribution in [3.63, 3.8) is 0 Å². The van der Waals surface area contributed by atoms with Crippen molar-refractivity contribution in [1.82, 2.24) is 10.6 Å². The van der Waals surface area contributed by atoms with Crippen LogP contribution in [-0.4, -0.2) is 143 Å². The van der Waals surface area contributed by atoms with Crippen LogP contribution in [0.1, 0.15) is 274 Å². The van der Waals surface area contributed by atoms with Gasteiger partial charge in [0.15, 0.2) is 0 Å². The molecule has 0 spiro atoms. The van der Waals surface area contributed by atoms with Crippen molar-refractivity contribution in [2.24, 2.45) is 46.3 Å². The standard InChI is InChI=1S/C42H73NO6.C40H67NO6.V/c1-33-14-18-37(49-30-10-25-43-40(45)22-31-48-28-7-6-27-47-29-11-26-44)19-16-35(32-33)15-17-36-13-9-24-42(5)38(20-21-39(36)42)34(2)12-8-23-41(3,4)46;1-31-12-16-35(47-27-8-23-41-38(43)20-28-45-25-9-26-46-29-24-42)17-14-33(30-31)13-15-34-11-7-22-40(5)36(18-19-37(34)40)32(2)10-6-21-39(3,4)44;/h15,17,34,37-39,44,46H,1,6-14,16,18-32H2,2-5H3,(H,43,45);13,15,24,32,35-37,44H,1,6-12,14,16-23,25-30H2,2-5H3,(H,41,43);/b35-15-,36-17+;33-13-,34-15+;/t34-,37+,38-,39+,42-;32-,35+,36-,37+,40-;/m11./s1. The molecule has 6 saturated carbocycles. The first-order valence-electron chi connectivity index (χ1n) is 38.7. The molecule has 2 amide bonds. The van der Waals surface area contributed by atoms with Gasteiger partial charge in [-0.2, -0.15) is 0 Å². The van der Waals surface area contributed by atoms with Gasteiger partial charge >= 0.3 is 0 Å². The number of hydrogen-bond acceptors (Lipinski definition) is 12. The van der Waals surface area contributed by atoms with Crippen molar-refractivity contribution in [1.29, 1.82) is 0 Å². The molecular weight excluding hydrogens is 1260 g/mol. The zero-order valence-electron chi connectivity index (χ0n) is 62.6. The third kappa shape index (κ3) is 34.0. The molecule has 6 aliphatic carbocycles. The topological polar surface area (TPSA) is 191 Å². The monoisotopic (exact) mass is 1400 g/mol. The Balaban J connectivity index is 0.000000408. The van der Waals surface area contributed by atoms with E-state index in [4.69, 9.17) is 33.5 Å². The van der Waals surface area contributed by atoms with Gasteiger partial charge in [0.05, 0.1) is 36.6 Å². The van der Waals surface area contributed by atoms with Gasteiger partial charge in [-0.3, -0.25) is 9.59 Å². The average molecular weight is 1400 g/mol. The van der Waals surface area contributed by atoms with E-state index in [-0.39, 0.29) is 55.8 Å². The van der Waals surface area contributed by atoms with E-state index in [0.29, 0.717) is 133 Å². The summed E-state index contributed by atoms with van der Waals surface area (Å²) in [6.45, 7) is 33.3. The number of aliphatic hydroxyl groups excluding tert-OH is 1. The Morgan fingerprint density at radius 3 is 1.38 bits per heavy atom. The number of rotatable bonds is 42. The number of ether oxygens (including phenoxy) is 6. The van der Waals surface area contributed by atoms with E-state index in [1.165, 1.54) is 99.3 Å². The van der Waals surface area contributed by atoms with E-state index >= 15 is 0 Å². The molecule has 0 aromatic rings. The summed E-state index contributed by atoms with van der Waals surface area (Å²) in [6.07, 6.45) is 46.5. The fourth-order valence-electron chi connectivity index (χ4n) is 17.2. The van der Waals surface area contributed by atoms with Crippen LogP contribution in [0.2, 0.25) is 0 Å².